The van der Waals surface area contributed by atoms with Crippen LogP contribution in [0.1, 0.15) is 23.6 Å². The molecule has 1 N–H and O–H groups in total. The van der Waals surface area contributed by atoms with Gasteiger partial charge < -0.3 is 10.2 Å². The number of aromatic nitrogens is 2. The van der Waals surface area contributed by atoms with Crippen molar-refractivity contribution < 1.29 is 17.4 Å². The molecule has 0 aliphatic carbocycles. The van der Waals surface area contributed by atoms with Crippen LogP contribution >= 0.6 is 34.7 Å². The molecule has 34 heavy (non-hydrogen) atoms. The Morgan fingerprint density at radius 1 is 1.29 bits per heavy atom. The summed E-state index contributed by atoms with van der Waals surface area (Å²) in [4.78, 5) is 11.3. The predicted molar refractivity (Wildman–Crippen MR) is 134 cm³/mol. The Kier molecular flexibility index (Phi) is 7.58. The lowest BCUT2D eigenvalue weighted by Crippen LogP contribution is -2.26. The molecular formula is C22H22ClF3N4OS3. The van der Waals surface area contributed by atoms with Gasteiger partial charge in [-0.1, -0.05) is 18.5 Å². The SMILES string of the molecule is CCS(=O)c1sc(-c2nc(Nc3cc4c(cc3Cl)CN(C)CC4)ncc2C(F)(F)F)cc1SC. The molecule has 3 aromatic rings. The van der Waals surface area contributed by atoms with Crippen molar-refractivity contribution in [2.24, 2.45) is 0 Å². The molecular weight excluding hydrogens is 525 g/mol. The monoisotopic (exact) mass is 546 g/mol. The molecule has 1 atom stereocenters. The third-order valence-corrected chi connectivity index (χ3v) is 9.66. The molecule has 0 spiro atoms. The summed E-state index contributed by atoms with van der Waals surface area (Å²) >= 11 is 8.88. The zero-order valence-corrected chi connectivity index (χ0v) is 21.8. The fourth-order valence-corrected chi connectivity index (χ4v) is 7.62. The van der Waals surface area contributed by atoms with E-state index in [0.29, 0.717) is 30.4 Å². The molecule has 2 aromatic heterocycles. The lowest BCUT2D eigenvalue weighted by atomic mass is 9.99. The minimum Gasteiger partial charge on any atom is -0.323 e. The Hall–Kier alpha value is -1.66. The molecule has 1 aliphatic heterocycles. The van der Waals surface area contributed by atoms with Gasteiger partial charge in [-0.15, -0.1) is 23.1 Å². The highest BCUT2D eigenvalue weighted by atomic mass is 35.5. The maximum absolute atomic E-state index is 13.8. The van der Waals surface area contributed by atoms with Gasteiger partial charge >= 0.3 is 6.18 Å². The highest BCUT2D eigenvalue weighted by molar-refractivity contribution is 7.99. The van der Waals surface area contributed by atoms with Crippen LogP contribution in [0, 0.1) is 0 Å². The number of fused-ring (bicyclic) bond motifs is 1. The number of halogens is 4. The van der Waals surface area contributed by atoms with Crippen LogP contribution in [0.5, 0.6) is 0 Å². The van der Waals surface area contributed by atoms with Gasteiger partial charge in [-0.3, -0.25) is 4.21 Å². The highest BCUT2D eigenvalue weighted by Crippen LogP contribution is 2.43. The minimum absolute atomic E-state index is 0.00930. The fourth-order valence-electron chi connectivity index (χ4n) is 3.68. The van der Waals surface area contributed by atoms with E-state index in [1.807, 2.05) is 19.2 Å². The van der Waals surface area contributed by atoms with E-state index < -0.39 is 22.5 Å². The zero-order valence-electron chi connectivity index (χ0n) is 18.6. The molecule has 5 nitrogen and oxygen atoms in total. The van der Waals surface area contributed by atoms with Crippen LogP contribution in [0.2, 0.25) is 5.02 Å². The fraction of sp³-hybridized carbons (Fsp3) is 0.364. The number of hydrogen-bond acceptors (Lipinski definition) is 7. The maximum Gasteiger partial charge on any atom is 0.420 e. The molecule has 1 aromatic carbocycles. The average Bonchev–Trinajstić information content (AvgIpc) is 3.23. The van der Waals surface area contributed by atoms with E-state index in [0.717, 1.165) is 48.2 Å². The van der Waals surface area contributed by atoms with Crippen LogP contribution in [0.4, 0.5) is 24.8 Å². The van der Waals surface area contributed by atoms with Crippen molar-refractivity contribution >= 4 is 57.1 Å². The molecule has 1 aliphatic rings. The first-order valence-electron chi connectivity index (χ1n) is 10.4. The van der Waals surface area contributed by atoms with Gasteiger partial charge in [-0.2, -0.15) is 13.2 Å². The number of hydrogen-bond donors (Lipinski definition) is 1. The first kappa shape index (κ1) is 25.4. The molecule has 182 valence electrons. The van der Waals surface area contributed by atoms with Crippen molar-refractivity contribution in [1.29, 1.82) is 0 Å². The van der Waals surface area contributed by atoms with Crippen LogP contribution in [0.3, 0.4) is 0 Å². The second-order valence-electron chi connectivity index (χ2n) is 7.77. The number of thiophene rings is 1. The van der Waals surface area contributed by atoms with Crippen LogP contribution in [0.15, 0.2) is 33.5 Å². The number of nitrogens with one attached hydrogen (secondary N) is 1. The van der Waals surface area contributed by atoms with Gasteiger partial charge in [-0.05, 0) is 49.1 Å². The van der Waals surface area contributed by atoms with Gasteiger partial charge in [0.25, 0.3) is 0 Å². The minimum atomic E-state index is -4.64. The Morgan fingerprint density at radius 2 is 2.06 bits per heavy atom. The summed E-state index contributed by atoms with van der Waals surface area (Å²) in [6.45, 7) is 3.47. The first-order chi connectivity index (χ1) is 16.1. The molecule has 0 amide bonds. The second-order valence-corrected chi connectivity index (χ2v) is 12.0. The third-order valence-electron chi connectivity index (χ3n) is 5.42. The van der Waals surface area contributed by atoms with Crippen molar-refractivity contribution in [3.05, 3.63) is 46.1 Å². The third kappa shape index (κ3) is 5.28. The Bertz CT molecular complexity index is 1250. The molecule has 3 heterocycles. The standard InChI is InChI=1S/C22H22ClF3N4OS3/c1-4-34(31)20-18(32-3)9-17(33-20)19-14(22(24,25)26)10-27-21(29-19)28-16-8-12-5-6-30(2)11-13(12)7-15(16)23/h7-10H,4-6,11H2,1-3H3,(H,27,28,29). The van der Waals surface area contributed by atoms with Crippen molar-refractivity contribution in [2.45, 2.75) is 35.2 Å². The number of anilines is 2. The Balaban J connectivity index is 1.76. The normalized spacial score (nSPS) is 15.3. The van der Waals surface area contributed by atoms with Crippen LogP contribution in [-0.2, 0) is 29.9 Å². The van der Waals surface area contributed by atoms with E-state index in [-0.39, 0.29) is 11.6 Å². The number of nitrogens with zero attached hydrogens (tertiary/aromatic N) is 3. The number of thioether (sulfide) groups is 1. The van der Waals surface area contributed by atoms with E-state index in [9.17, 15) is 17.4 Å². The van der Waals surface area contributed by atoms with Crippen molar-refractivity contribution in [3.63, 3.8) is 0 Å². The quantitative estimate of drug-likeness (QED) is 0.358. The molecule has 0 saturated carbocycles. The first-order valence-corrected chi connectivity index (χ1v) is 14.1. The average molecular weight is 547 g/mol. The van der Waals surface area contributed by atoms with E-state index in [1.54, 1.807) is 19.2 Å². The van der Waals surface area contributed by atoms with E-state index >= 15 is 0 Å². The van der Waals surface area contributed by atoms with Gasteiger partial charge in [0, 0.05) is 29.9 Å². The van der Waals surface area contributed by atoms with Crippen LogP contribution in [0.25, 0.3) is 10.6 Å². The molecule has 4 rings (SSSR count). The van der Waals surface area contributed by atoms with E-state index in [1.165, 1.54) is 11.8 Å². The molecule has 0 radical (unpaired) electrons. The molecule has 0 saturated heterocycles. The summed E-state index contributed by atoms with van der Waals surface area (Å²) < 4.78 is 54.4. The smallest absolute Gasteiger partial charge is 0.323 e. The summed E-state index contributed by atoms with van der Waals surface area (Å²) in [5.74, 6) is 0.387. The second kappa shape index (κ2) is 10.1. The lowest BCUT2D eigenvalue weighted by molar-refractivity contribution is -0.137. The summed E-state index contributed by atoms with van der Waals surface area (Å²) in [6, 6.07) is 5.39. The number of rotatable bonds is 6. The van der Waals surface area contributed by atoms with Gasteiger partial charge in [-0.25, -0.2) is 9.97 Å². The number of benzene rings is 1. The summed E-state index contributed by atoms with van der Waals surface area (Å²) in [5, 5.41) is 3.44. The van der Waals surface area contributed by atoms with Gasteiger partial charge in [0.05, 0.1) is 32.1 Å². The van der Waals surface area contributed by atoms with Crippen LogP contribution in [-0.4, -0.2) is 44.7 Å². The Morgan fingerprint density at radius 3 is 2.74 bits per heavy atom. The van der Waals surface area contributed by atoms with Gasteiger partial charge in [0.15, 0.2) is 0 Å². The van der Waals surface area contributed by atoms with E-state index in [2.05, 4.69) is 20.2 Å². The highest BCUT2D eigenvalue weighted by Gasteiger charge is 2.36. The van der Waals surface area contributed by atoms with E-state index in [4.69, 9.17) is 11.6 Å². The summed E-state index contributed by atoms with van der Waals surface area (Å²) in [5.41, 5.74) is 1.60. The van der Waals surface area contributed by atoms with Gasteiger partial charge in [0.2, 0.25) is 5.95 Å². The number of likely N-dealkylation sites (N-methyl/N-ethyl adjacent to an activating group) is 1. The van der Waals surface area contributed by atoms with Crippen molar-refractivity contribution in [3.8, 4) is 10.6 Å². The molecule has 12 heteroatoms. The zero-order chi connectivity index (χ0) is 24.6. The largest absolute Gasteiger partial charge is 0.420 e. The number of alkyl halides is 3. The summed E-state index contributed by atoms with van der Waals surface area (Å²) in [7, 11) is 0.747. The molecule has 0 fully saturated rings. The maximum atomic E-state index is 13.8. The predicted octanol–water partition coefficient (Wildman–Crippen LogP) is 6.46. The Labute approximate surface area is 211 Å². The lowest BCUT2D eigenvalue weighted by Gasteiger charge is -2.26. The van der Waals surface area contributed by atoms with Crippen LogP contribution < -0.4 is 5.32 Å². The van der Waals surface area contributed by atoms with Crippen molar-refractivity contribution in [1.82, 2.24) is 14.9 Å². The van der Waals surface area contributed by atoms with Crippen molar-refractivity contribution in [2.75, 3.05) is 30.9 Å². The summed E-state index contributed by atoms with van der Waals surface area (Å²) in [6.07, 6.45) is -1.21. The molecule has 1 unspecified atom stereocenters. The topological polar surface area (TPSA) is 58.1 Å². The molecule has 0 bridgehead atoms. The van der Waals surface area contributed by atoms with Gasteiger partial charge in [0.1, 0.15) is 9.77 Å².